The second-order valence-corrected chi connectivity index (χ2v) is 4.90. The fourth-order valence-corrected chi connectivity index (χ4v) is 1.56. The lowest BCUT2D eigenvalue weighted by Crippen LogP contribution is -2.23. The van der Waals surface area contributed by atoms with Crippen molar-refractivity contribution in [2.75, 3.05) is 7.11 Å². The molecule has 0 radical (unpaired) electrons. The van der Waals surface area contributed by atoms with Gasteiger partial charge in [0.1, 0.15) is 5.82 Å². The molecule has 0 atom stereocenters. The molecule has 0 aliphatic carbocycles. The summed E-state index contributed by atoms with van der Waals surface area (Å²) in [5.74, 6) is -0.405. The quantitative estimate of drug-likeness (QED) is 0.734. The van der Waals surface area contributed by atoms with Crippen molar-refractivity contribution >= 4 is 5.78 Å². The molecule has 94 valence electrons. The number of halogens is 1. The van der Waals surface area contributed by atoms with E-state index in [9.17, 15) is 9.18 Å². The Morgan fingerprint density at radius 1 is 1.35 bits per heavy atom. The van der Waals surface area contributed by atoms with E-state index in [0.717, 1.165) is 5.56 Å². The predicted molar refractivity (Wildman–Crippen MR) is 65.8 cm³/mol. The number of methoxy groups -OCH3 is 1. The van der Waals surface area contributed by atoms with Gasteiger partial charge in [-0.25, -0.2) is 4.39 Å². The van der Waals surface area contributed by atoms with E-state index < -0.39 is 0 Å². The first-order valence-corrected chi connectivity index (χ1v) is 5.69. The van der Waals surface area contributed by atoms with Crippen LogP contribution < -0.4 is 0 Å². The summed E-state index contributed by atoms with van der Waals surface area (Å²) in [6.07, 6.45) is 0.988. The van der Waals surface area contributed by atoms with Gasteiger partial charge in [0.2, 0.25) is 0 Å². The third-order valence-corrected chi connectivity index (χ3v) is 2.87. The highest BCUT2D eigenvalue weighted by molar-refractivity contribution is 5.96. The molecule has 0 fully saturated rings. The highest BCUT2D eigenvalue weighted by Crippen LogP contribution is 2.18. The Kier molecular flexibility index (Phi) is 4.40. The molecule has 0 unspecified atom stereocenters. The molecule has 0 saturated carbocycles. The third kappa shape index (κ3) is 4.27. The lowest BCUT2D eigenvalue weighted by atomic mass is 9.97. The molecule has 1 aromatic carbocycles. The SMILES string of the molecule is COC(C)(C)CCC(=O)c1cc(C)cc(F)c1. The summed E-state index contributed by atoms with van der Waals surface area (Å²) >= 11 is 0. The van der Waals surface area contributed by atoms with Gasteiger partial charge in [0, 0.05) is 19.1 Å². The Bertz CT molecular complexity index is 390. The maximum Gasteiger partial charge on any atom is 0.163 e. The van der Waals surface area contributed by atoms with Gasteiger partial charge in [-0.3, -0.25) is 4.79 Å². The molecule has 0 spiro atoms. The first-order valence-electron chi connectivity index (χ1n) is 5.69. The third-order valence-electron chi connectivity index (χ3n) is 2.87. The Morgan fingerprint density at radius 2 is 2.00 bits per heavy atom. The minimum Gasteiger partial charge on any atom is -0.379 e. The van der Waals surface area contributed by atoms with Gasteiger partial charge in [0.15, 0.2) is 5.78 Å². The normalized spacial score (nSPS) is 11.6. The van der Waals surface area contributed by atoms with Crippen LogP contribution in [-0.4, -0.2) is 18.5 Å². The number of hydrogen-bond acceptors (Lipinski definition) is 2. The van der Waals surface area contributed by atoms with Gasteiger partial charge in [0.05, 0.1) is 5.60 Å². The zero-order valence-corrected chi connectivity index (χ0v) is 10.8. The first kappa shape index (κ1) is 13.8. The highest BCUT2D eigenvalue weighted by Gasteiger charge is 2.18. The number of hydrogen-bond donors (Lipinski definition) is 0. The van der Waals surface area contributed by atoms with Gasteiger partial charge in [-0.15, -0.1) is 0 Å². The lowest BCUT2D eigenvalue weighted by molar-refractivity contribution is 0.0141. The van der Waals surface area contributed by atoms with Crippen molar-refractivity contribution < 1.29 is 13.9 Å². The molecule has 0 saturated heterocycles. The number of carbonyl (C=O) groups is 1. The van der Waals surface area contributed by atoms with Crippen LogP contribution >= 0.6 is 0 Å². The number of ether oxygens (including phenoxy) is 1. The van der Waals surface area contributed by atoms with E-state index in [-0.39, 0.29) is 17.2 Å². The van der Waals surface area contributed by atoms with Crippen molar-refractivity contribution in [3.05, 3.63) is 35.1 Å². The maximum atomic E-state index is 13.2. The predicted octanol–water partition coefficient (Wildman–Crippen LogP) is 3.52. The van der Waals surface area contributed by atoms with E-state index in [1.807, 2.05) is 13.8 Å². The summed E-state index contributed by atoms with van der Waals surface area (Å²) in [4.78, 5) is 11.9. The summed E-state index contributed by atoms with van der Waals surface area (Å²) < 4.78 is 18.4. The van der Waals surface area contributed by atoms with Crippen LogP contribution in [0, 0.1) is 12.7 Å². The van der Waals surface area contributed by atoms with E-state index in [0.29, 0.717) is 18.4 Å². The highest BCUT2D eigenvalue weighted by atomic mass is 19.1. The van der Waals surface area contributed by atoms with Crippen LogP contribution in [0.4, 0.5) is 4.39 Å². The number of Topliss-reactive ketones (excluding diaryl/α,β-unsaturated/α-hetero) is 1. The average molecular weight is 238 g/mol. The van der Waals surface area contributed by atoms with Crippen molar-refractivity contribution in [1.29, 1.82) is 0 Å². The number of ketones is 1. The van der Waals surface area contributed by atoms with Crippen LogP contribution in [0.15, 0.2) is 18.2 Å². The Balaban J connectivity index is 2.70. The van der Waals surface area contributed by atoms with Gasteiger partial charge in [-0.2, -0.15) is 0 Å². The van der Waals surface area contributed by atoms with Crippen molar-refractivity contribution in [1.82, 2.24) is 0 Å². The van der Waals surface area contributed by atoms with Crippen molar-refractivity contribution in [2.24, 2.45) is 0 Å². The molecule has 0 heterocycles. The molecule has 1 aromatic rings. The van der Waals surface area contributed by atoms with Crippen LogP contribution in [0.3, 0.4) is 0 Å². The standard InChI is InChI=1S/C14H19FO2/c1-10-7-11(9-12(15)8-10)13(16)5-6-14(2,3)17-4/h7-9H,5-6H2,1-4H3. The fraction of sp³-hybridized carbons (Fsp3) is 0.500. The molecular weight excluding hydrogens is 219 g/mol. The van der Waals surface area contributed by atoms with Crippen LogP contribution in [0.1, 0.15) is 42.6 Å². The summed E-state index contributed by atoms with van der Waals surface area (Å²) in [5.41, 5.74) is 0.881. The Labute approximate surface area is 102 Å². The van der Waals surface area contributed by atoms with Gasteiger partial charge in [-0.1, -0.05) is 0 Å². The molecular formula is C14H19FO2. The average Bonchev–Trinajstić information content (AvgIpc) is 2.24. The zero-order chi connectivity index (χ0) is 13.1. The molecule has 0 amide bonds. The van der Waals surface area contributed by atoms with E-state index in [2.05, 4.69) is 0 Å². The minimum atomic E-state index is -0.362. The van der Waals surface area contributed by atoms with Crippen LogP contribution in [0.5, 0.6) is 0 Å². The molecule has 0 aliphatic rings. The smallest absolute Gasteiger partial charge is 0.163 e. The largest absolute Gasteiger partial charge is 0.379 e. The summed E-state index contributed by atoms with van der Waals surface area (Å²) in [6, 6.07) is 4.41. The van der Waals surface area contributed by atoms with E-state index in [1.165, 1.54) is 12.1 Å². The topological polar surface area (TPSA) is 26.3 Å². The fourth-order valence-electron chi connectivity index (χ4n) is 1.56. The van der Waals surface area contributed by atoms with E-state index >= 15 is 0 Å². The minimum absolute atomic E-state index is 0.0438. The van der Waals surface area contributed by atoms with Gasteiger partial charge in [0.25, 0.3) is 0 Å². The molecule has 1 rings (SSSR count). The summed E-state index contributed by atoms with van der Waals surface area (Å²) in [7, 11) is 1.62. The van der Waals surface area contributed by atoms with Crippen molar-refractivity contribution in [3.8, 4) is 0 Å². The van der Waals surface area contributed by atoms with Crippen LogP contribution in [0.25, 0.3) is 0 Å². The molecule has 0 aliphatic heterocycles. The molecule has 17 heavy (non-hydrogen) atoms. The maximum absolute atomic E-state index is 13.2. The molecule has 0 aromatic heterocycles. The number of aryl methyl sites for hydroxylation is 1. The molecule has 0 N–H and O–H groups in total. The summed E-state index contributed by atoms with van der Waals surface area (Å²) in [5, 5.41) is 0. The number of rotatable bonds is 5. The Hall–Kier alpha value is -1.22. The molecule has 0 bridgehead atoms. The number of carbonyl (C=O) groups excluding carboxylic acids is 1. The van der Waals surface area contributed by atoms with Crippen molar-refractivity contribution in [3.63, 3.8) is 0 Å². The monoisotopic (exact) mass is 238 g/mol. The van der Waals surface area contributed by atoms with Crippen LogP contribution in [-0.2, 0) is 4.74 Å². The second kappa shape index (κ2) is 5.41. The summed E-state index contributed by atoms with van der Waals surface area (Å²) in [6.45, 7) is 5.63. The molecule has 2 nitrogen and oxygen atoms in total. The van der Waals surface area contributed by atoms with Gasteiger partial charge < -0.3 is 4.74 Å². The zero-order valence-electron chi connectivity index (χ0n) is 10.8. The van der Waals surface area contributed by atoms with E-state index in [1.54, 1.807) is 20.1 Å². The second-order valence-electron chi connectivity index (χ2n) is 4.90. The van der Waals surface area contributed by atoms with Gasteiger partial charge in [-0.05, 0) is 51.0 Å². The first-order chi connectivity index (χ1) is 7.84. The molecule has 3 heteroatoms. The van der Waals surface area contributed by atoms with Gasteiger partial charge >= 0.3 is 0 Å². The van der Waals surface area contributed by atoms with Crippen LogP contribution in [0.2, 0.25) is 0 Å². The lowest BCUT2D eigenvalue weighted by Gasteiger charge is -2.22. The van der Waals surface area contributed by atoms with E-state index in [4.69, 9.17) is 4.74 Å². The number of benzene rings is 1. The van der Waals surface area contributed by atoms with Crippen molar-refractivity contribution in [2.45, 2.75) is 39.2 Å². The Morgan fingerprint density at radius 3 is 2.53 bits per heavy atom.